The lowest BCUT2D eigenvalue weighted by Gasteiger charge is -2.44. The summed E-state index contributed by atoms with van der Waals surface area (Å²) in [5, 5.41) is 0. The molecular formula is C14H24BNSi2. The maximum Gasteiger partial charge on any atom is 0.269 e. The Morgan fingerprint density at radius 2 is 1.33 bits per heavy atom. The molecule has 2 rings (SSSR count). The molecule has 0 amide bonds. The van der Waals surface area contributed by atoms with E-state index in [2.05, 4.69) is 79.7 Å². The molecule has 0 saturated carbocycles. The van der Waals surface area contributed by atoms with Gasteiger partial charge in [0.2, 0.25) is 0 Å². The van der Waals surface area contributed by atoms with E-state index in [-0.39, 0.29) is 0 Å². The normalized spacial score (nSPS) is 15.9. The van der Waals surface area contributed by atoms with Crippen LogP contribution in [0.1, 0.15) is 5.56 Å². The summed E-state index contributed by atoms with van der Waals surface area (Å²) in [4.78, 5) is 0. The fourth-order valence-electron chi connectivity index (χ4n) is 3.07. The third kappa shape index (κ3) is 2.87. The van der Waals surface area contributed by atoms with Gasteiger partial charge in [0.15, 0.2) is 0 Å². The van der Waals surface area contributed by atoms with E-state index in [1.165, 1.54) is 5.56 Å². The summed E-state index contributed by atoms with van der Waals surface area (Å²) >= 11 is 0. The molecule has 0 fully saturated rings. The van der Waals surface area contributed by atoms with Crippen LogP contribution < -0.4 is 0 Å². The quantitative estimate of drug-likeness (QED) is 0.746. The standard InChI is InChI=1S/C14H24BNSi2/c1-17(2,3)16(18(4,5)6)15-12-14(15)13-10-8-7-9-11-13/h7-12H,1-6H3. The highest BCUT2D eigenvalue weighted by molar-refractivity contribution is 7.10. The van der Waals surface area contributed by atoms with Crippen LogP contribution in [0, 0.1) is 0 Å². The summed E-state index contributed by atoms with van der Waals surface area (Å²) in [7, 11) is -2.51. The zero-order valence-electron chi connectivity index (χ0n) is 12.5. The molecule has 1 heterocycles. The van der Waals surface area contributed by atoms with E-state index in [0.717, 1.165) is 0 Å². The molecule has 1 aromatic rings. The Hall–Kier alpha value is -0.581. The largest absolute Gasteiger partial charge is 0.380 e. The van der Waals surface area contributed by atoms with Gasteiger partial charge in [0.05, 0.1) is 0 Å². The SMILES string of the molecule is C[Si](C)(C)N(B1C=C1c1ccccc1)[Si](C)(C)C. The van der Waals surface area contributed by atoms with Crippen molar-refractivity contribution in [1.82, 2.24) is 4.14 Å². The van der Waals surface area contributed by atoms with Crippen LogP contribution in [-0.4, -0.2) is 27.5 Å². The maximum absolute atomic E-state index is 2.88. The van der Waals surface area contributed by atoms with E-state index in [9.17, 15) is 0 Å². The first-order valence-corrected chi connectivity index (χ1v) is 13.7. The second kappa shape index (κ2) is 4.51. The van der Waals surface area contributed by atoms with Crippen LogP contribution in [0.3, 0.4) is 0 Å². The molecule has 1 nitrogen and oxygen atoms in total. The summed E-state index contributed by atoms with van der Waals surface area (Å²) in [6.45, 7) is 15.4. The van der Waals surface area contributed by atoms with Crippen molar-refractivity contribution in [2.24, 2.45) is 0 Å². The van der Waals surface area contributed by atoms with Crippen LogP contribution >= 0.6 is 0 Å². The average Bonchev–Trinajstić information content (AvgIpc) is 2.94. The van der Waals surface area contributed by atoms with E-state index in [4.69, 9.17) is 0 Å². The number of nitrogens with zero attached hydrogens (tertiary/aromatic N) is 1. The minimum Gasteiger partial charge on any atom is -0.380 e. The molecule has 1 aliphatic heterocycles. The Bertz CT molecular complexity index is 443. The molecule has 4 heteroatoms. The van der Waals surface area contributed by atoms with Crippen LogP contribution in [0.2, 0.25) is 39.3 Å². The van der Waals surface area contributed by atoms with Crippen molar-refractivity contribution < 1.29 is 0 Å². The van der Waals surface area contributed by atoms with Crippen molar-refractivity contribution in [2.45, 2.75) is 39.3 Å². The Balaban J connectivity index is 2.19. The molecule has 0 bridgehead atoms. The van der Waals surface area contributed by atoms with Crippen LogP contribution in [0.5, 0.6) is 0 Å². The first-order chi connectivity index (χ1) is 8.21. The van der Waals surface area contributed by atoms with Gasteiger partial charge in [-0.3, -0.25) is 0 Å². The fourth-order valence-corrected chi connectivity index (χ4v) is 13.2. The first kappa shape index (κ1) is 13.8. The summed E-state index contributed by atoms with van der Waals surface area (Å²) in [5.41, 5.74) is 2.95. The van der Waals surface area contributed by atoms with E-state index < -0.39 is 16.5 Å². The van der Waals surface area contributed by atoms with Gasteiger partial charge in [-0.1, -0.05) is 81.1 Å². The Morgan fingerprint density at radius 3 is 1.78 bits per heavy atom. The predicted molar refractivity (Wildman–Crippen MR) is 88.7 cm³/mol. The highest BCUT2D eigenvalue weighted by Gasteiger charge is 2.47. The second-order valence-corrected chi connectivity index (χ2v) is 17.2. The molecule has 96 valence electrons. The van der Waals surface area contributed by atoms with Crippen molar-refractivity contribution >= 4 is 28.8 Å². The predicted octanol–water partition coefficient (Wildman–Crippen LogP) is 4.13. The molecule has 0 spiro atoms. The maximum atomic E-state index is 2.88. The third-order valence-electron chi connectivity index (χ3n) is 3.38. The monoisotopic (exact) mass is 273 g/mol. The lowest BCUT2D eigenvalue weighted by Crippen LogP contribution is -2.62. The van der Waals surface area contributed by atoms with Gasteiger partial charge in [-0.2, -0.15) is 0 Å². The topological polar surface area (TPSA) is 3.24 Å². The lowest BCUT2D eigenvalue weighted by molar-refractivity contribution is 0.954. The third-order valence-corrected chi connectivity index (χ3v) is 10.8. The summed E-state index contributed by atoms with van der Waals surface area (Å²) < 4.78 is 2.88. The van der Waals surface area contributed by atoms with Crippen molar-refractivity contribution in [2.75, 3.05) is 0 Å². The van der Waals surface area contributed by atoms with Crippen LogP contribution in [-0.2, 0) is 0 Å². The van der Waals surface area contributed by atoms with Gasteiger partial charge in [0, 0.05) is 0 Å². The number of rotatable bonds is 4. The number of hydrogen-bond donors (Lipinski definition) is 0. The van der Waals surface area contributed by atoms with Crippen molar-refractivity contribution in [3.63, 3.8) is 0 Å². The van der Waals surface area contributed by atoms with Gasteiger partial charge in [-0.25, -0.2) is 0 Å². The Kier molecular flexibility index (Phi) is 3.47. The molecule has 18 heavy (non-hydrogen) atoms. The highest BCUT2D eigenvalue weighted by atomic mass is 28.4. The van der Waals surface area contributed by atoms with Crippen LogP contribution in [0.4, 0.5) is 0 Å². The van der Waals surface area contributed by atoms with Crippen molar-refractivity contribution in [3.05, 3.63) is 41.9 Å². The van der Waals surface area contributed by atoms with Crippen LogP contribution in [0.15, 0.2) is 36.3 Å². The zero-order valence-corrected chi connectivity index (χ0v) is 14.5. The summed E-state index contributed by atoms with van der Waals surface area (Å²) in [5.74, 6) is 2.45. The molecular weight excluding hydrogens is 249 g/mol. The van der Waals surface area contributed by atoms with E-state index >= 15 is 0 Å². The first-order valence-electron chi connectivity index (χ1n) is 6.78. The molecule has 0 N–H and O–H groups in total. The Morgan fingerprint density at radius 1 is 0.833 bits per heavy atom. The molecule has 0 radical (unpaired) electrons. The molecule has 0 aliphatic carbocycles. The minimum atomic E-state index is -1.25. The average molecular weight is 273 g/mol. The van der Waals surface area contributed by atoms with Crippen molar-refractivity contribution in [1.29, 1.82) is 0 Å². The molecule has 0 unspecified atom stereocenters. The van der Waals surface area contributed by atoms with Gasteiger partial charge >= 0.3 is 0 Å². The second-order valence-electron chi connectivity index (χ2n) is 7.14. The lowest BCUT2D eigenvalue weighted by atomic mass is 9.78. The fraction of sp³-hybridized carbons (Fsp3) is 0.429. The summed E-state index contributed by atoms with van der Waals surface area (Å²) in [6.07, 6.45) is 0. The molecule has 1 aromatic carbocycles. The summed E-state index contributed by atoms with van der Waals surface area (Å²) in [6, 6.07) is 10.8. The van der Waals surface area contributed by atoms with E-state index in [0.29, 0.717) is 6.85 Å². The van der Waals surface area contributed by atoms with Gasteiger partial charge in [-0.05, 0) is 5.56 Å². The van der Waals surface area contributed by atoms with Gasteiger partial charge in [0.1, 0.15) is 16.5 Å². The smallest absolute Gasteiger partial charge is 0.269 e. The molecule has 1 aliphatic rings. The minimum absolute atomic E-state index is 0.616. The van der Waals surface area contributed by atoms with E-state index in [1.54, 1.807) is 5.47 Å². The van der Waals surface area contributed by atoms with Gasteiger partial charge in [0.25, 0.3) is 6.85 Å². The van der Waals surface area contributed by atoms with Gasteiger partial charge in [-0.15, -0.1) is 0 Å². The highest BCUT2D eigenvalue weighted by Crippen LogP contribution is 2.37. The van der Waals surface area contributed by atoms with E-state index in [1.807, 2.05) is 0 Å². The van der Waals surface area contributed by atoms with Gasteiger partial charge < -0.3 is 4.14 Å². The van der Waals surface area contributed by atoms with Crippen molar-refractivity contribution in [3.8, 4) is 0 Å². The molecule has 0 saturated heterocycles. The zero-order chi connectivity index (χ0) is 13.6. The molecule has 0 aromatic heterocycles. The number of hydrogen-bond acceptors (Lipinski definition) is 1. The number of benzene rings is 1. The molecule has 0 atom stereocenters. The Labute approximate surface area is 114 Å². The van der Waals surface area contributed by atoms with Crippen LogP contribution in [0.25, 0.3) is 5.47 Å².